The zero-order valence-corrected chi connectivity index (χ0v) is 13.7. The summed E-state index contributed by atoms with van der Waals surface area (Å²) in [5.41, 5.74) is 0.273. The van der Waals surface area contributed by atoms with Gasteiger partial charge in [-0.2, -0.15) is 10.1 Å². The van der Waals surface area contributed by atoms with Crippen LogP contribution in [0.15, 0.2) is 47.2 Å². The van der Waals surface area contributed by atoms with Crippen molar-refractivity contribution in [3.05, 3.63) is 54.4 Å². The molecule has 0 aliphatic carbocycles. The van der Waals surface area contributed by atoms with Gasteiger partial charge in [0, 0.05) is 31.3 Å². The Balaban J connectivity index is 1.50. The normalized spacial score (nSPS) is 12.1. The first-order valence-electron chi connectivity index (χ1n) is 7.96. The Kier molecular flexibility index (Phi) is 5.17. The van der Waals surface area contributed by atoms with Crippen molar-refractivity contribution in [1.82, 2.24) is 25.2 Å². The molecule has 0 radical (unpaired) electrons. The number of carbonyl (C=O) groups is 1. The number of carbonyl (C=O) groups excluding carboxylic acids is 1. The van der Waals surface area contributed by atoms with Crippen molar-refractivity contribution in [3.8, 4) is 11.4 Å². The Labute approximate surface area is 143 Å². The molecule has 1 amide bonds. The molecule has 2 heterocycles. The Hall–Kier alpha value is -3.03. The molecule has 1 atom stereocenters. The number of aryl methyl sites for hydroxylation is 1. The maximum absolute atomic E-state index is 13.7. The van der Waals surface area contributed by atoms with Gasteiger partial charge in [-0.05, 0) is 25.1 Å². The van der Waals surface area contributed by atoms with E-state index in [0.717, 1.165) is 0 Å². The minimum absolute atomic E-state index is 0.0518. The lowest BCUT2D eigenvalue weighted by Gasteiger charge is -2.13. The minimum atomic E-state index is -0.417. The van der Waals surface area contributed by atoms with Crippen LogP contribution in [0.1, 0.15) is 19.2 Å². The average Bonchev–Trinajstić information content (AvgIpc) is 3.25. The molecule has 0 saturated heterocycles. The molecule has 8 heteroatoms. The van der Waals surface area contributed by atoms with Gasteiger partial charge in [-0.1, -0.05) is 17.3 Å². The molecule has 0 saturated carbocycles. The highest BCUT2D eigenvalue weighted by molar-refractivity contribution is 5.76. The minimum Gasteiger partial charge on any atom is -0.352 e. The summed E-state index contributed by atoms with van der Waals surface area (Å²) in [6, 6.07) is 7.98. The number of nitrogens with one attached hydrogen (secondary N) is 1. The topological polar surface area (TPSA) is 85.8 Å². The number of hydrogen-bond acceptors (Lipinski definition) is 5. The highest BCUT2D eigenvalue weighted by Crippen LogP contribution is 2.19. The zero-order chi connectivity index (χ0) is 17.6. The van der Waals surface area contributed by atoms with Gasteiger partial charge in [-0.15, -0.1) is 0 Å². The fourth-order valence-corrected chi connectivity index (χ4v) is 2.41. The van der Waals surface area contributed by atoms with Crippen LogP contribution in [-0.4, -0.2) is 31.9 Å². The molecule has 1 aromatic carbocycles. The Morgan fingerprint density at radius 2 is 2.20 bits per heavy atom. The molecule has 0 unspecified atom stereocenters. The first-order chi connectivity index (χ1) is 12.1. The SMILES string of the molecule is C[C@@H](Cn1cccn1)NC(=O)CCc1nc(-c2ccccc2F)no1. The second kappa shape index (κ2) is 7.69. The lowest BCUT2D eigenvalue weighted by atomic mass is 10.2. The van der Waals surface area contributed by atoms with E-state index in [1.807, 2.05) is 19.2 Å². The Morgan fingerprint density at radius 3 is 2.96 bits per heavy atom. The highest BCUT2D eigenvalue weighted by atomic mass is 19.1. The van der Waals surface area contributed by atoms with Gasteiger partial charge in [-0.25, -0.2) is 4.39 Å². The molecule has 1 N–H and O–H groups in total. The Morgan fingerprint density at radius 1 is 1.36 bits per heavy atom. The summed E-state index contributed by atoms with van der Waals surface area (Å²) in [6.45, 7) is 2.50. The monoisotopic (exact) mass is 343 g/mol. The number of aromatic nitrogens is 4. The van der Waals surface area contributed by atoms with E-state index >= 15 is 0 Å². The lowest BCUT2D eigenvalue weighted by Crippen LogP contribution is -2.35. The van der Waals surface area contributed by atoms with E-state index in [2.05, 4.69) is 20.6 Å². The fraction of sp³-hybridized carbons (Fsp3) is 0.294. The van der Waals surface area contributed by atoms with E-state index in [9.17, 15) is 9.18 Å². The number of benzene rings is 1. The van der Waals surface area contributed by atoms with Gasteiger partial charge in [-0.3, -0.25) is 9.48 Å². The number of nitrogens with zero attached hydrogens (tertiary/aromatic N) is 4. The number of halogens is 1. The van der Waals surface area contributed by atoms with Gasteiger partial charge in [0.15, 0.2) is 0 Å². The van der Waals surface area contributed by atoms with Crippen LogP contribution in [0.2, 0.25) is 0 Å². The van der Waals surface area contributed by atoms with Crippen LogP contribution in [0.3, 0.4) is 0 Å². The third-order valence-electron chi connectivity index (χ3n) is 3.58. The first kappa shape index (κ1) is 16.8. The predicted molar refractivity (Wildman–Crippen MR) is 87.8 cm³/mol. The van der Waals surface area contributed by atoms with Crippen molar-refractivity contribution in [2.24, 2.45) is 0 Å². The molecule has 3 aromatic rings. The third kappa shape index (κ3) is 4.50. The number of rotatable bonds is 7. The molecule has 130 valence electrons. The molecule has 3 rings (SSSR count). The van der Waals surface area contributed by atoms with Gasteiger partial charge >= 0.3 is 0 Å². The Bertz CT molecular complexity index is 831. The van der Waals surface area contributed by atoms with Gasteiger partial charge in [0.25, 0.3) is 0 Å². The van der Waals surface area contributed by atoms with E-state index < -0.39 is 5.82 Å². The van der Waals surface area contributed by atoms with E-state index in [-0.39, 0.29) is 29.8 Å². The van der Waals surface area contributed by atoms with Crippen LogP contribution in [0.4, 0.5) is 4.39 Å². The predicted octanol–water partition coefficient (Wildman–Crippen LogP) is 2.21. The molecule has 0 fully saturated rings. The zero-order valence-electron chi connectivity index (χ0n) is 13.7. The van der Waals surface area contributed by atoms with Gasteiger partial charge < -0.3 is 9.84 Å². The van der Waals surface area contributed by atoms with Gasteiger partial charge in [0.1, 0.15) is 5.82 Å². The maximum Gasteiger partial charge on any atom is 0.227 e. The second-order valence-electron chi connectivity index (χ2n) is 5.69. The molecule has 0 bridgehead atoms. The molecule has 25 heavy (non-hydrogen) atoms. The van der Waals surface area contributed by atoms with Crippen LogP contribution in [0, 0.1) is 5.82 Å². The van der Waals surface area contributed by atoms with E-state index in [1.54, 1.807) is 29.1 Å². The smallest absolute Gasteiger partial charge is 0.227 e. The molecule has 0 spiro atoms. The molecule has 2 aromatic heterocycles. The summed E-state index contributed by atoms with van der Waals surface area (Å²) in [5.74, 6) is -0.0565. The summed E-state index contributed by atoms with van der Waals surface area (Å²) in [5, 5.41) is 10.8. The first-order valence-corrected chi connectivity index (χ1v) is 7.96. The summed E-state index contributed by atoms with van der Waals surface area (Å²) < 4.78 is 20.6. The summed E-state index contributed by atoms with van der Waals surface area (Å²) in [4.78, 5) is 16.1. The van der Waals surface area contributed by atoms with Crippen molar-refractivity contribution in [2.45, 2.75) is 32.4 Å². The van der Waals surface area contributed by atoms with Crippen molar-refractivity contribution >= 4 is 5.91 Å². The third-order valence-corrected chi connectivity index (χ3v) is 3.58. The summed E-state index contributed by atoms with van der Waals surface area (Å²) >= 11 is 0. The van der Waals surface area contributed by atoms with Gasteiger partial charge in [0.05, 0.1) is 12.1 Å². The van der Waals surface area contributed by atoms with Crippen LogP contribution in [0.25, 0.3) is 11.4 Å². The van der Waals surface area contributed by atoms with Crippen molar-refractivity contribution < 1.29 is 13.7 Å². The second-order valence-corrected chi connectivity index (χ2v) is 5.69. The molecular weight excluding hydrogens is 325 g/mol. The van der Waals surface area contributed by atoms with E-state index in [4.69, 9.17) is 4.52 Å². The fourth-order valence-electron chi connectivity index (χ4n) is 2.41. The average molecular weight is 343 g/mol. The molecule has 7 nitrogen and oxygen atoms in total. The lowest BCUT2D eigenvalue weighted by molar-refractivity contribution is -0.121. The van der Waals surface area contributed by atoms with Crippen molar-refractivity contribution in [1.29, 1.82) is 0 Å². The van der Waals surface area contributed by atoms with E-state index in [0.29, 0.717) is 18.9 Å². The molecular formula is C17H18FN5O2. The molecule has 0 aliphatic rings. The van der Waals surface area contributed by atoms with Crippen LogP contribution < -0.4 is 5.32 Å². The quantitative estimate of drug-likeness (QED) is 0.711. The summed E-state index contributed by atoms with van der Waals surface area (Å²) in [7, 11) is 0. The molecule has 0 aliphatic heterocycles. The largest absolute Gasteiger partial charge is 0.352 e. The van der Waals surface area contributed by atoms with Crippen LogP contribution in [0.5, 0.6) is 0 Å². The van der Waals surface area contributed by atoms with Crippen LogP contribution in [-0.2, 0) is 17.8 Å². The number of hydrogen-bond donors (Lipinski definition) is 1. The van der Waals surface area contributed by atoms with Crippen molar-refractivity contribution in [3.63, 3.8) is 0 Å². The standard InChI is InChI=1S/C17H18FN5O2/c1-12(11-23-10-4-9-19-23)20-15(24)7-8-16-21-17(22-25-16)13-5-2-3-6-14(13)18/h2-6,9-10,12H,7-8,11H2,1H3,(H,20,24)/t12-/m0/s1. The highest BCUT2D eigenvalue weighted by Gasteiger charge is 2.14. The summed E-state index contributed by atoms with van der Waals surface area (Å²) in [6.07, 6.45) is 4.03. The van der Waals surface area contributed by atoms with Crippen molar-refractivity contribution in [2.75, 3.05) is 0 Å². The van der Waals surface area contributed by atoms with Gasteiger partial charge in [0.2, 0.25) is 17.6 Å². The maximum atomic E-state index is 13.7. The van der Waals surface area contributed by atoms with E-state index in [1.165, 1.54) is 6.07 Å². The van der Waals surface area contributed by atoms with Crippen LogP contribution >= 0.6 is 0 Å². The number of amides is 1.